The maximum atomic E-state index is 11.1. The van der Waals surface area contributed by atoms with Crippen LogP contribution in [0, 0.1) is 13.7 Å². The van der Waals surface area contributed by atoms with E-state index in [4.69, 9.17) is 5.73 Å². The molecule has 14 heavy (non-hydrogen) atoms. The lowest BCUT2D eigenvalue weighted by Crippen LogP contribution is -2.05. The van der Waals surface area contributed by atoms with Crippen LogP contribution in [0.25, 0.3) is 0 Å². The van der Waals surface area contributed by atoms with Crippen LogP contribution in [0.1, 0.15) is 17.3 Å². The number of nitro benzene ring substituents is 1. The SMILES string of the molecule is CC(=O)c1ccc(I)c(N)c1[N+](=O)[O-]. The van der Waals surface area contributed by atoms with E-state index in [-0.39, 0.29) is 22.7 Å². The predicted molar refractivity (Wildman–Crippen MR) is 60.2 cm³/mol. The summed E-state index contributed by atoms with van der Waals surface area (Å²) in [5.41, 5.74) is 5.31. The normalized spacial score (nSPS) is 9.86. The van der Waals surface area contributed by atoms with Gasteiger partial charge in [-0.2, -0.15) is 0 Å². The molecule has 0 aliphatic rings. The Hall–Kier alpha value is -1.18. The largest absolute Gasteiger partial charge is 0.392 e. The number of hydrogen-bond acceptors (Lipinski definition) is 4. The lowest BCUT2D eigenvalue weighted by molar-refractivity contribution is -0.384. The van der Waals surface area contributed by atoms with Crippen LogP contribution in [0.5, 0.6) is 0 Å². The molecule has 0 amide bonds. The van der Waals surface area contributed by atoms with E-state index in [0.29, 0.717) is 3.57 Å². The number of carbonyl (C=O) groups excluding carboxylic acids is 1. The molecule has 1 rings (SSSR count). The van der Waals surface area contributed by atoms with Gasteiger partial charge in [-0.05, 0) is 41.6 Å². The molecule has 0 fully saturated rings. The fourth-order valence-electron chi connectivity index (χ4n) is 1.06. The number of anilines is 1. The Labute approximate surface area is 93.6 Å². The number of Topliss-reactive ketones (excluding diaryl/α,β-unsaturated/α-hetero) is 1. The Balaban J connectivity index is 3.53. The summed E-state index contributed by atoms with van der Waals surface area (Å²) >= 11 is 1.88. The summed E-state index contributed by atoms with van der Waals surface area (Å²) in [6, 6.07) is 3.00. The highest BCUT2D eigenvalue weighted by atomic mass is 127. The molecule has 74 valence electrons. The molecule has 0 atom stereocenters. The van der Waals surface area contributed by atoms with Gasteiger partial charge in [-0.3, -0.25) is 14.9 Å². The van der Waals surface area contributed by atoms with Crippen LogP contribution < -0.4 is 5.73 Å². The average Bonchev–Trinajstić information content (AvgIpc) is 2.08. The molecular formula is C8H7IN2O3. The molecule has 0 bridgehead atoms. The first-order valence-corrected chi connectivity index (χ1v) is 4.76. The average molecular weight is 306 g/mol. The molecule has 0 radical (unpaired) electrons. The van der Waals surface area contributed by atoms with Gasteiger partial charge in [0.15, 0.2) is 5.78 Å². The van der Waals surface area contributed by atoms with Crippen LogP contribution >= 0.6 is 22.6 Å². The van der Waals surface area contributed by atoms with E-state index in [1.165, 1.54) is 13.0 Å². The molecule has 0 heterocycles. The molecule has 6 heteroatoms. The van der Waals surface area contributed by atoms with Crippen molar-refractivity contribution in [1.82, 2.24) is 0 Å². The predicted octanol–water partition coefficient (Wildman–Crippen LogP) is 1.98. The van der Waals surface area contributed by atoms with Gasteiger partial charge in [-0.25, -0.2) is 0 Å². The monoisotopic (exact) mass is 306 g/mol. The molecule has 1 aromatic carbocycles. The molecule has 5 nitrogen and oxygen atoms in total. The first-order chi connectivity index (χ1) is 6.45. The van der Waals surface area contributed by atoms with Crippen molar-refractivity contribution in [1.29, 1.82) is 0 Å². The van der Waals surface area contributed by atoms with Gasteiger partial charge >= 0.3 is 5.69 Å². The number of rotatable bonds is 2. The number of nitrogens with two attached hydrogens (primary N) is 1. The molecule has 0 saturated carbocycles. The van der Waals surface area contributed by atoms with Crippen molar-refractivity contribution < 1.29 is 9.72 Å². The van der Waals surface area contributed by atoms with Crippen molar-refractivity contribution in [3.05, 3.63) is 31.4 Å². The Morgan fingerprint density at radius 1 is 1.57 bits per heavy atom. The van der Waals surface area contributed by atoms with E-state index in [1.807, 2.05) is 22.6 Å². The van der Waals surface area contributed by atoms with Crippen molar-refractivity contribution in [3.8, 4) is 0 Å². The second kappa shape index (κ2) is 3.91. The third-order valence-electron chi connectivity index (χ3n) is 1.73. The van der Waals surface area contributed by atoms with Gasteiger partial charge in [0.05, 0.1) is 10.5 Å². The minimum Gasteiger partial charge on any atom is -0.392 e. The highest BCUT2D eigenvalue weighted by Crippen LogP contribution is 2.30. The maximum Gasteiger partial charge on any atom is 0.303 e. The van der Waals surface area contributed by atoms with E-state index in [9.17, 15) is 14.9 Å². The maximum absolute atomic E-state index is 11.1. The summed E-state index contributed by atoms with van der Waals surface area (Å²) in [5.74, 6) is -0.361. The smallest absolute Gasteiger partial charge is 0.303 e. The van der Waals surface area contributed by atoms with Crippen LogP contribution in [0.15, 0.2) is 12.1 Å². The van der Waals surface area contributed by atoms with Crippen LogP contribution in [-0.4, -0.2) is 10.7 Å². The Bertz CT molecular complexity index is 417. The van der Waals surface area contributed by atoms with Gasteiger partial charge in [0.25, 0.3) is 0 Å². The first-order valence-electron chi connectivity index (χ1n) is 3.68. The van der Waals surface area contributed by atoms with Crippen LogP contribution in [-0.2, 0) is 0 Å². The summed E-state index contributed by atoms with van der Waals surface area (Å²) in [6.07, 6.45) is 0. The third-order valence-corrected chi connectivity index (χ3v) is 2.67. The number of carbonyl (C=O) groups is 1. The van der Waals surface area contributed by atoms with Gasteiger partial charge in [0.2, 0.25) is 0 Å². The summed E-state index contributed by atoms with van der Waals surface area (Å²) < 4.78 is 0.569. The number of halogens is 1. The van der Waals surface area contributed by atoms with Gasteiger partial charge < -0.3 is 5.73 Å². The zero-order valence-electron chi connectivity index (χ0n) is 7.28. The Morgan fingerprint density at radius 2 is 2.14 bits per heavy atom. The second-order valence-corrected chi connectivity index (χ2v) is 3.83. The van der Waals surface area contributed by atoms with Gasteiger partial charge in [-0.15, -0.1) is 0 Å². The van der Waals surface area contributed by atoms with Crippen LogP contribution in [0.3, 0.4) is 0 Å². The fraction of sp³-hybridized carbons (Fsp3) is 0.125. The number of ketones is 1. The standard InChI is InChI=1S/C8H7IN2O3/c1-4(12)5-2-3-6(9)7(10)8(5)11(13)14/h2-3H,10H2,1H3. The summed E-state index contributed by atoms with van der Waals surface area (Å²) in [5, 5.41) is 10.7. The molecule has 0 aliphatic carbocycles. The van der Waals surface area contributed by atoms with Crippen molar-refractivity contribution in [2.45, 2.75) is 6.92 Å². The lowest BCUT2D eigenvalue weighted by Gasteiger charge is -2.03. The van der Waals surface area contributed by atoms with Gasteiger partial charge in [-0.1, -0.05) is 0 Å². The molecule has 1 aromatic rings. The minimum absolute atomic E-state index is 0.0447. The van der Waals surface area contributed by atoms with Crippen molar-refractivity contribution >= 4 is 39.7 Å². The number of hydrogen-bond donors (Lipinski definition) is 1. The Morgan fingerprint density at radius 3 is 2.57 bits per heavy atom. The van der Waals surface area contributed by atoms with Crippen molar-refractivity contribution in [2.24, 2.45) is 0 Å². The summed E-state index contributed by atoms with van der Waals surface area (Å²) in [6.45, 7) is 1.27. The van der Waals surface area contributed by atoms with E-state index in [2.05, 4.69) is 0 Å². The van der Waals surface area contributed by atoms with E-state index in [0.717, 1.165) is 0 Å². The lowest BCUT2D eigenvalue weighted by atomic mass is 10.1. The molecule has 0 aliphatic heterocycles. The minimum atomic E-state index is -0.631. The first kappa shape index (κ1) is 10.9. The molecule has 0 unspecified atom stereocenters. The third kappa shape index (κ3) is 1.84. The zero-order chi connectivity index (χ0) is 10.9. The highest BCUT2D eigenvalue weighted by molar-refractivity contribution is 14.1. The topological polar surface area (TPSA) is 86.2 Å². The highest BCUT2D eigenvalue weighted by Gasteiger charge is 2.22. The Kier molecular flexibility index (Phi) is 3.04. The number of nitro groups is 1. The van der Waals surface area contributed by atoms with Crippen molar-refractivity contribution in [2.75, 3.05) is 5.73 Å². The second-order valence-electron chi connectivity index (χ2n) is 2.67. The van der Waals surface area contributed by atoms with E-state index >= 15 is 0 Å². The molecule has 2 N–H and O–H groups in total. The molecular weight excluding hydrogens is 299 g/mol. The number of nitrogens with zero attached hydrogens (tertiary/aromatic N) is 1. The molecule has 0 spiro atoms. The van der Waals surface area contributed by atoms with Crippen LogP contribution in [0.4, 0.5) is 11.4 Å². The summed E-state index contributed by atoms with van der Waals surface area (Å²) in [4.78, 5) is 21.1. The molecule has 0 aromatic heterocycles. The quantitative estimate of drug-likeness (QED) is 0.298. The van der Waals surface area contributed by atoms with Gasteiger partial charge in [0.1, 0.15) is 5.69 Å². The number of nitrogen functional groups attached to an aromatic ring is 1. The van der Waals surface area contributed by atoms with Crippen LogP contribution in [0.2, 0.25) is 0 Å². The van der Waals surface area contributed by atoms with E-state index in [1.54, 1.807) is 6.07 Å². The number of benzene rings is 1. The zero-order valence-corrected chi connectivity index (χ0v) is 9.44. The van der Waals surface area contributed by atoms with Crippen molar-refractivity contribution in [3.63, 3.8) is 0 Å². The van der Waals surface area contributed by atoms with Gasteiger partial charge in [0, 0.05) is 3.57 Å². The van der Waals surface area contributed by atoms with E-state index < -0.39 is 4.92 Å². The fourth-order valence-corrected chi connectivity index (χ4v) is 1.50. The summed E-state index contributed by atoms with van der Waals surface area (Å²) in [7, 11) is 0. The molecule has 0 saturated heterocycles.